The third-order valence-electron chi connectivity index (χ3n) is 6.06. The van der Waals surface area contributed by atoms with Crippen LogP contribution in [0.25, 0.3) is 0 Å². The van der Waals surface area contributed by atoms with Crippen LogP contribution in [0, 0.1) is 10.1 Å². The number of thiophene rings is 1. The third-order valence-corrected chi connectivity index (χ3v) is 7.08. The number of anilines is 2. The van der Waals surface area contributed by atoms with E-state index in [1.807, 2.05) is 12.1 Å². The maximum atomic E-state index is 13.6. The Morgan fingerprint density at radius 3 is 2.36 bits per heavy atom. The Bertz CT molecular complexity index is 1570. The summed E-state index contributed by atoms with van der Waals surface area (Å²) in [5.74, 6) is 0.182. The van der Waals surface area contributed by atoms with E-state index in [0.717, 1.165) is 30.1 Å². The number of benzene rings is 3. The van der Waals surface area contributed by atoms with Crippen molar-refractivity contribution in [3.8, 4) is 17.2 Å². The molecule has 13 heteroatoms. The lowest BCUT2D eigenvalue weighted by Crippen LogP contribution is -2.14. The summed E-state index contributed by atoms with van der Waals surface area (Å²) in [5.41, 5.74) is -0.360. The van der Waals surface area contributed by atoms with Gasteiger partial charge in [0, 0.05) is 23.8 Å². The van der Waals surface area contributed by atoms with Crippen LogP contribution in [0.15, 0.2) is 72.8 Å². The minimum Gasteiger partial charge on any atom is -0.497 e. The zero-order valence-corrected chi connectivity index (χ0v) is 23.4. The average molecular weight is 603 g/mol. The van der Waals surface area contributed by atoms with Crippen molar-refractivity contribution in [2.45, 2.75) is 25.8 Å². The molecule has 9 nitrogen and oxygen atoms in total. The van der Waals surface area contributed by atoms with Crippen molar-refractivity contribution in [1.29, 1.82) is 0 Å². The molecule has 1 heterocycles. The molecular formula is C29H25F3N2O7S. The first kappa shape index (κ1) is 30.2. The van der Waals surface area contributed by atoms with Crippen LogP contribution in [0.2, 0.25) is 0 Å². The summed E-state index contributed by atoms with van der Waals surface area (Å²) < 4.78 is 62.3. The number of alkyl halides is 3. The molecule has 0 fully saturated rings. The highest BCUT2D eigenvalue weighted by atomic mass is 32.1. The number of nitrogens with zero attached hydrogens (tertiary/aromatic N) is 1. The fourth-order valence-corrected chi connectivity index (χ4v) is 4.93. The third kappa shape index (κ3) is 7.10. The number of hydrogen-bond donors (Lipinski definition) is 1. The molecule has 4 aromatic rings. The summed E-state index contributed by atoms with van der Waals surface area (Å²) in [6, 6.07) is 17.7. The average Bonchev–Trinajstić information content (AvgIpc) is 3.37. The predicted molar refractivity (Wildman–Crippen MR) is 150 cm³/mol. The van der Waals surface area contributed by atoms with Crippen LogP contribution in [0.5, 0.6) is 17.2 Å². The number of rotatable bonds is 11. The van der Waals surface area contributed by atoms with Gasteiger partial charge in [0.1, 0.15) is 35.6 Å². The Morgan fingerprint density at radius 1 is 1.02 bits per heavy atom. The molecule has 42 heavy (non-hydrogen) atoms. The molecule has 0 saturated heterocycles. The highest BCUT2D eigenvalue weighted by Gasteiger charge is 2.35. The van der Waals surface area contributed by atoms with Gasteiger partial charge in [-0.15, -0.1) is 11.3 Å². The van der Waals surface area contributed by atoms with Crippen molar-refractivity contribution in [2.75, 3.05) is 19.5 Å². The van der Waals surface area contributed by atoms with E-state index in [-0.39, 0.29) is 39.2 Å². The van der Waals surface area contributed by atoms with Crippen molar-refractivity contribution < 1.29 is 41.8 Å². The van der Waals surface area contributed by atoms with Gasteiger partial charge in [0.2, 0.25) is 0 Å². The number of carbonyl (C=O) groups is 1. The van der Waals surface area contributed by atoms with E-state index in [1.165, 1.54) is 49.4 Å². The Kier molecular flexibility index (Phi) is 9.21. The second kappa shape index (κ2) is 12.8. The van der Waals surface area contributed by atoms with E-state index >= 15 is 0 Å². The van der Waals surface area contributed by atoms with Gasteiger partial charge in [-0.25, -0.2) is 4.79 Å². The molecule has 3 aromatic carbocycles. The molecule has 0 aliphatic rings. The number of nitrogens with one attached hydrogen (secondary N) is 1. The number of ether oxygens (including phenoxy) is 4. The number of carbonyl (C=O) groups excluding carboxylic acids is 1. The fraction of sp³-hybridized carbons (Fsp3) is 0.207. The van der Waals surface area contributed by atoms with Crippen LogP contribution >= 0.6 is 11.3 Å². The van der Waals surface area contributed by atoms with Gasteiger partial charge in [-0.05, 0) is 36.8 Å². The Balaban J connectivity index is 1.60. The van der Waals surface area contributed by atoms with Crippen molar-refractivity contribution in [3.63, 3.8) is 0 Å². The van der Waals surface area contributed by atoms with E-state index < -0.39 is 28.7 Å². The normalized spacial score (nSPS) is 11.9. The van der Waals surface area contributed by atoms with Crippen LogP contribution in [-0.2, 0) is 17.5 Å². The maximum absolute atomic E-state index is 13.6. The highest BCUT2D eigenvalue weighted by Crippen LogP contribution is 2.42. The van der Waals surface area contributed by atoms with Crippen LogP contribution in [0.1, 0.15) is 39.4 Å². The molecule has 0 amide bonds. The van der Waals surface area contributed by atoms with E-state index in [1.54, 1.807) is 19.2 Å². The van der Waals surface area contributed by atoms with E-state index in [0.29, 0.717) is 11.5 Å². The zero-order valence-electron chi connectivity index (χ0n) is 22.6. The molecular weight excluding hydrogens is 577 g/mol. The molecule has 0 saturated carbocycles. The standard InChI is InChI=1S/C29H25F3N2O7S/c1-17(21-6-4-5-7-22(21)29(30,31)32)41-25-15-26(42-27(25)28(35)39-3)33-23-14-20(12-13-24(23)34(36)37)40-16-18-8-10-19(38-2)11-9-18/h4-15,17,33H,16H2,1-3H3. The number of nitro benzene ring substituents is 1. The number of nitro groups is 1. The molecule has 1 unspecified atom stereocenters. The van der Waals surface area contributed by atoms with Crippen molar-refractivity contribution >= 4 is 33.7 Å². The number of halogens is 3. The van der Waals surface area contributed by atoms with Gasteiger partial charge in [0.05, 0.1) is 29.7 Å². The summed E-state index contributed by atoms with van der Waals surface area (Å²) in [4.78, 5) is 23.6. The number of methoxy groups -OCH3 is 2. The predicted octanol–water partition coefficient (Wildman–Crippen LogP) is 7.93. The zero-order chi connectivity index (χ0) is 30.4. The molecule has 0 bridgehead atoms. The minimum absolute atomic E-state index is 0.0362. The van der Waals surface area contributed by atoms with Crippen LogP contribution in [0.3, 0.4) is 0 Å². The number of hydrogen-bond acceptors (Lipinski definition) is 9. The van der Waals surface area contributed by atoms with Gasteiger partial charge >= 0.3 is 12.1 Å². The molecule has 0 aliphatic heterocycles. The highest BCUT2D eigenvalue weighted by molar-refractivity contribution is 7.18. The first-order valence-corrected chi connectivity index (χ1v) is 13.2. The van der Waals surface area contributed by atoms with Gasteiger partial charge < -0.3 is 24.3 Å². The largest absolute Gasteiger partial charge is 0.497 e. The van der Waals surface area contributed by atoms with Gasteiger partial charge in [0.15, 0.2) is 4.88 Å². The van der Waals surface area contributed by atoms with E-state index in [4.69, 9.17) is 18.9 Å². The Hall–Kier alpha value is -4.78. The maximum Gasteiger partial charge on any atom is 0.416 e. The lowest BCUT2D eigenvalue weighted by molar-refractivity contribution is -0.383. The van der Waals surface area contributed by atoms with Crippen LogP contribution in [-0.4, -0.2) is 25.1 Å². The molecule has 1 aromatic heterocycles. The quantitative estimate of drug-likeness (QED) is 0.105. The molecule has 1 atom stereocenters. The summed E-state index contributed by atoms with van der Waals surface area (Å²) in [6.45, 7) is 1.60. The first-order valence-electron chi connectivity index (χ1n) is 12.4. The van der Waals surface area contributed by atoms with Gasteiger partial charge in [-0.3, -0.25) is 10.1 Å². The van der Waals surface area contributed by atoms with E-state index in [2.05, 4.69) is 5.32 Å². The first-order chi connectivity index (χ1) is 20.0. The van der Waals surface area contributed by atoms with Gasteiger partial charge in [0.25, 0.3) is 5.69 Å². The van der Waals surface area contributed by atoms with Crippen molar-refractivity contribution in [2.24, 2.45) is 0 Å². The van der Waals surface area contributed by atoms with Crippen LogP contribution < -0.4 is 19.5 Å². The summed E-state index contributed by atoms with van der Waals surface area (Å²) in [5, 5.41) is 14.9. The topological polar surface area (TPSA) is 109 Å². The smallest absolute Gasteiger partial charge is 0.416 e. The molecule has 0 aliphatic carbocycles. The van der Waals surface area contributed by atoms with Crippen LogP contribution in [0.4, 0.5) is 29.5 Å². The lowest BCUT2D eigenvalue weighted by atomic mass is 10.0. The summed E-state index contributed by atoms with van der Waals surface area (Å²) in [6.07, 6.45) is -5.71. The van der Waals surface area contributed by atoms with Crippen molar-refractivity contribution in [1.82, 2.24) is 0 Å². The molecule has 4 rings (SSSR count). The molecule has 0 spiro atoms. The van der Waals surface area contributed by atoms with Crippen molar-refractivity contribution in [3.05, 3.63) is 104 Å². The van der Waals surface area contributed by atoms with E-state index in [9.17, 15) is 28.1 Å². The van der Waals surface area contributed by atoms with Gasteiger partial charge in [-0.2, -0.15) is 13.2 Å². The minimum atomic E-state index is -4.61. The lowest BCUT2D eigenvalue weighted by Gasteiger charge is -2.19. The molecule has 1 N–H and O–H groups in total. The monoisotopic (exact) mass is 602 g/mol. The number of esters is 1. The molecule has 220 valence electrons. The second-order valence-corrected chi connectivity index (χ2v) is 9.89. The second-order valence-electron chi connectivity index (χ2n) is 8.84. The Morgan fingerprint density at radius 2 is 1.71 bits per heavy atom. The fourth-order valence-electron chi connectivity index (χ4n) is 4.01. The van der Waals surface area contributed by atoms with Gasteiger partial charge in [-0.1, -0.05) is 30.3 Å². The summed E-state index contributed by atoms with van der Waals surface area (Å²) in [7, 11) is 2.71. The SMILES string of the molecule is COC(=O)c1sc(Nc2cc(OCc3ccc(OC)cc3)ccc2[N+](=O)[O-])cc1OC(C)c1ccccc1C(F)(F)F. The summed E-state index contributed by atoms with van der Waals surface area (Å²) >= 11 is 0.866. The Labute approximate surface area is 242 Å². The molecule has 0 radical (unpaired) electrons.